The number of rotatable bonds is 9. The number of ether oxygens (including phenoxy) is 3. The van der Waals surface area contributed by atoms with Crippen molar-refractivity contribution in [3.63, 3.8) is 0 Å². The highest BCUT2D eigenvalue weighted by molar-refractivity contribution is 5.92. The number of carbonyl (C=O) groups is 4. The maximum Gasteiger partial charge on any atom is 0.359 e. The van der Waals surface area contributed by atoms with E-state index in [2.05, 4.69) is 22.0 Å². The maximum atomic E-state index is 12.0. The van der Waals surface area contributed by atoms with E-state index >= 15 is 0 Å². The summed E-state index contributed by atoms with van der Waals surface area (Å²) < 4.78 is 19.2. The predicted molar refractivity (Wildman–Crippen MR) is 214 cm³/mol. The van der Waals surface area contributed by atoms with E-state index in [-0.39, 0.29) is 25.1 Å². The van der Waals surface area contributed by atoms with Gasteiger partial charge in [0.15, 0.2) is 11.4 Å². The zero-order chi connectivity index (χ0) is 41.6. The molecule has 0 radical (unpaired) electrons. The zero-order valence-corrected chi connectivity index (χ0v) is 32.4. The first-order valence-corrected chi connectivity index (χ1v) is 18.1. The van der Waals surface area contributed by atoms with E-state index in [4.69, 9.17) is 43.0 Å². The summed E-state index contributed by atoms with van der Waals surface area (Å²) in [5.74, 6) is 4.04. The van der Waals surface area contributed by atoms with E-state index in [1.165, 1.54) is 9.80 Å². The molecule has 308 valence electrons. The molecule has 5 heterocycles. The molecule has 7 rings (SSSR count). The van der Waals surface area contributed by atoms with Gasteiger partial charge in [0.2, 0.25) is 6.41 Å². The Kier molecular flexibility index (Phi) is 17.4. The fourth-order valence-corrected chi connectivity index (χ4v) is 5.76. The number of esters is 1. The predicted octanol–water partition coefficient (Wildman–Crippen LogP) is 2.73. The van der Waals surface area contributed by atoms with Gasteiger partial charge in [0.25, 0.3) is 11.8 Å². The van der Waals surface area contributed by atoms with E-state index in [1.807, 2.05) is 48.5 Å². The van der Waals surface area contributed by atoms with Crippen molar-refractivity contribution in [3.8, 4) is 36.1 Å². The summed E-state index contributed by atoms with van der Waals surface area (Å²) in [6.07, 6.45) is 11.8. The summed E-state index contributed by atoms with van der Waals surface area (Å²) in [4.78, 5) is 47.0. The van der Waals surface area contributed by atoms with Crippen molar-refractivity contribution in [2.75, 3.05) is 33.8 Å². The van der Waals surface area contributed by atoms with Gasteiger partial charge in [-0.1, -0.05) is 31.4 Å². The smallest absolute Gasteiger partial charge is 0.359 e. The third-order valence-electron chi connectivity index (χ3n) is 8.85. The maximum absolute atomic E-state index is 12.0. The first-order valence-electron chi connectivity index (χ1n) is 18.1. The SMILES string of the molecule is C.C#Cc1cccc(-n2nc(C(=O)OCC)c3c2COC3)c1.C#Cc1cccc(-n2nc(C(N)=O)c3c2COC3)c1.CC(O)CCN(C)C=O.CN1CCC(O)C1=O. The fraction of sp³-hybridized carbons (Fsp3) is 0.381. The Morgan fingerprint density at radius 2 is 1.52 bits per heavy atom. The van der Waals surface area contributed by atoms with Gasteiger partial charge in [-0.3, -0.25) is 14.4 Å². The molecule has 1 saturated heterocycles. The number of nitrogens with zero attached hydrogens (tertiary/aromatic N) is 6. The van der Waals surface area contributed by atoms with Gasteiger partial charge in [0.1, 0.15) is 6.10 Å². The number of likely N-dealkylation sites (tertiary alicyclic amines) is 1. The second kappa shape index (κ2) is 21.9. The van der Waals surface area contributed by atoms with E-state index < -0.39 is 18.0 Å². The summed E-state index contributed by atoms with van der Waals surface area (Å²) in [7, 11) is 3.38. The standard InChI is InChI=1S/C16H14N2O3.C14H11N3O2.C6H13NO2.C5H9NO2.CH4/c1-3-11-6-5-7-12(8-11)18-14-10-20-9-13(14)15(17-18)16(19)21-4-2;1-2-9-4-3-5-10(6-9)17-12-8-19-7-11(12)13(16-17)14(15)18;1-6(9)3-4-7(2)5-8;1-6-3-2-4(7)5(6)8;/h1,5-8H,4,9-10H2,2H3;1,3-6H,7-8H2,(H2,15,18);5-6,9H,3-4H2,1-2H3;4,7H,2-3H2,1H3;1H4. The van der Waals surface area contributed by atoms with Gasteiger partial charge >= 0.3 is 5.97 Å². The van der Waals surface area contributed by atoms with Gasteiger partial charge in [0.05, 0.1) is 61.9 Å². The lowest BCUT2D eigenvalue weighted by Gasteiger charge is -2.10. The van der Waals surface area contributed by atoms with Gasteiger partial charge in [-0.15, -0.1) is 12.8 Å². The largest absolute Gasteiger partial charge is 0.461 e. The molecule has 4 N–H and O–H groups in total. The number of aromatic nitrogens is 4. The van der Waals surface area contributed by atoms with Crippen LogP contribution in [-0.4, -0.2) is 110 Å². The summed E-state index contributed by atoms with van der Waals surface area (Å²) in [6.45, 7) is 6.67. The molecule has 2 atom stereocenters. The molecule has 0 bridgehead atoms. The molecule has 16 nitrogen and oxygen atoms in total. The molecule has 0 saturated carbocycles. The quantitative estimate of drug-likeness (QED) is 0.128. The topological polar surface area (TPSA) is 205 Å². The minimum Gasteiger partial charge on any atom is -0.461 e. The third-order valence-corrected chi connectivity index (χ3v) is 8.85. The van der Waals surface area contributed by atoms with Gasteiger partial charge < -0.3 is 40.0 Å². The number of hydrogen-bond donors (Lipinski definition) is 3. The Bertz CT molecular complexity index is 2130. The minimum atomic E-state index is -0.722. The van der Waals surface area contributed by atoms with Crippen molar-refractivity contribution in [2.24, 2.45) is 5.73 Å². The van der Waals surface area contributed by atoms with Crippen molar-refractivity contribution in [1.82, 2.24) is 29.4 Å². The van der Waals surface area contributed by atoms with Gasteiger partial charge in [-0.05, 0) is 63.1 Å². The molecular formula is C42H51N7O9. The average Bonchev–Trinajstić information content (AvgIpc) is 4.05. The van der Waals surface area contributed by atoms with Crippen LogP contribution in [0.1, 0.15) is 88.7 Å². The monoisotopic (exact) mass is 797 g/mol. The molecule has 2 aromatic carbocycles. The number of aliphatic hydroxyl groups is 2. The van der Waals surface area contributed by atoms with Gasteiger partial charge in [-0.25, -0.2) is 14.2 Å². The van der Waals surface area contributed by atoms with Crippen LogP contribution < -0.4 is 5.73 Å². The summed E-state index contributed by atoms with van der Waals surface area (Å²) in [5.41, 5.74) is 12.3. The summed E-state index contributed by atoms with van der Waals surface area (Å²) in [6, 6.07) is 14.8. The second-order valence-corrected chi connectivity index (χ2v) is 13.1. The number of carbonyl (C=O) groups excluding carboxylic acids is 4. The van der Waals surface area contributed by atoms with E-state index in [1.54, 1.807) is 37.3 Å². The number of likely N-dealkylation sites (N-methyl/N-ethyl adjacent to an activating group) is 1. The minimum absolute atomic E-state index is 0. The molecule has 0 spiro atoms. The Balaban J connectivity index is 0.000000223. The molecule has 2 aromatic heterocycles. The number of nitrogens with two attached hydrogens (primary N) is 1. The highest BCUT2D eigenvalue weighted by Gasteiger charge is 2.29. The van der Waals surface area contributed by atoms with E-state index in [0.29, 0.717) is 64.7 Å². The molecule has 58 heavy (non-hydrogen) atoms. The number of aliphatic hydroxyl groups excluding tert-OH is 2. The number of hydrogen-bond acceptors (Lipinski definition) is 11. The number of benzene rings is 2. The highest BCUT2D eigenvalue weighted by Crippen LogP contribution is 2.28. The van der Waals surface area contributed by atoms with Crippen molar-refractivity contribution in [3.05, 3.63) is 93.6 Å². The second-order valence-electron chi connectivity index (χ2n) is 13.1. The van der Waals surface area contributed by atoms with E-state index in [0.717, 1.165) is 51.4 Å². The highest BCUT2D eigenvalue weighted by atomic mass is 16.5. The Morgan fingerprint density at radius 1 is 1.00 bits per heavy atom. The molecule has 16 heteroatoms. The molecule has 3 aliphatic rings. The first-order chi connectivity index (χ1) is 27.3. The van der Waals surface area contributed by atoms with Crippen LogP contribution in [0.25, 0.3) is 11.4 Å². The Morgan fingerprint density at radius 3 is 1.91 bits per heavy atom. The van der Waals surface area contributed by atoms with Crippen LogP contribution in [-0.2, 0) is 50.2 Å². The summed E-state index contributed by atoms with van der Waals surface area (Å²) in [5, 5.41) is 26.2. The van der Waals surface area contributed by atoms with Crippen LogP contribution >= 0.6 is 0 Å². The van der Waals surface area contributed by atoms with Crippen LogP contribution in [0.15, 0.2) is 48.5 Å². The summed E-state index contributed by atoms with van der Waals surface area (Å²) >= 11 is 0. The van der Waals surface area contributed by atoms with Crippen LogP contribution in [0.2, 0.25) is 0 Å². The fourth-order valence-electron chi connectivity index (χ4n) is 5.76. The molecular weight excluding hydrogens is 747 g/mol. The molecule has 3 amide bonds. The third kappa shape index (κ3) is 11.6. The van der Waals surface area contributed by atoms with Crippen molar-refractivity contribution in [1.29, 1.82) is 0 Å². The van der Waals surface area contributed by atoms with Crippen LogP contribution in [0.3, 0.4) is 0 Å². The van der Waals surface area contributed by atoms with Gasteiger partial charge in [-0.2, -0.15) is 10.2 Å². The average molecular weight is 798 g/mol. The lowest BCUT2D eigenvalue weighted by Crippen LogP contribution is -2.24. The normalized spacial score (nSPS) is 14.9. The zero-order valence-electron chi connectivity index (χ0n) is 32.4. The lowest BCUT2D eigenvalue weighted by molar-refractivity contribution is -0.133. The molecule has 3 aliphatic heterocycles. The number of terminal acetylenes is 2. The van der Waals surface area contributed by atoms with Crippen LogP contribution in [0.4, 0.5) is 0 Å². The lowest BCUT2D eigenvalue weighted by atomic mass is 10.2. The number of fused-ring (bicyclic) bond motifs is 2. The van der Waals surface area contributed by atoms with Crippen molar-refractivity contribution >= 4 is 24.2 Å². The molecule has 4 aromatic rings. The Labute approximate surface area is 338 Å². The van der Waals surface area contributed by atoms with Crippen LogP contribution in [0.5, 0.6) is 0 Å². The molecule has 2 unspecified atom stereocenters. The number of primary amides is 1. The van der Waals surface area contributed by atoms with Gasteiger partial charge in [0, 0.05) is 49.4 Å². The van der Waals surface area contributed by atoms with E-state index in [9.17, 15) is 19.2 Å². The Hall–Kier alpha value is -6.30. The first kappa shape index (κ1) is 46.1. The van der Waals surface area contributed by atoms with Crippen molar-refractivity contribution < 1.29 is 43.6 Å². The van der Waals surface area contributed by atoms with Crippen molar-refractivity contribution in [2.45, 2.75) is 72.8 Å². The number of amides is 3. The molecule has 0 aliphatic carbocycles. The molecule has 1 fully saturated rings. The van der Waals surface area contributed by atoms with Crippen LogP contribution in [0, 0.1) is 24.7 Å².